The summed E-state index contributed by atoms with van der Waals surface area (Å²) in [7, 11) is 0. The summed E-state index contributed by atoms with van der Waals surface area (Å²) in [6, 6.07) is 7.74. The molecule has 0 aromatic heterocycles. The summed E-state index contributed by atoms with van der Waals surface area (Å²) < 4.78 is 0. The number of carbonyl (C=O) groups excluding carboxylic acids is 1. The van der Waals surface area contributed by atoms with Gasteiger partial charge >= 0.3 is 0 Å². The standard InChI is InChI=1S/C17H22N2O/c18-15-7-5-14(6-8-15)17(10-11-17)16(20)19-12-9-13-3-1-2-4-13/h3,5-8H,1-2,4,9-12,18H2,(H,19,20). The predicted molar refractivity (Wildman–Crippen MR) is 81.3 cm³/mol. The minimum Gasteiger partial charge on any atom is -0.399 e. The van der Waals surface area contributed by atoms with E-state index in [4.69, 9.17) is 5.73 Å². The monoisotopic (exact) mass is 270 g/mol. The quantitative estimate of drug-likeness (QED) is 0.638. The maximum Gasteiger partial charge on any atom is 0.230 e. The Labute approximate surface area is 120 Å². The summed E-state index contributed by atoms with van der Waals surface area (Å²) in [5.41, 5.74) is 8.78. The zero-order chi connectivity index (χ0) is 14.0. The van der Waals surface area contributed by atoms with E-state index in [2.05, 4.69) is 11.4 Å². The van der Waals surface area contributed by atoms with Gasteiger partial charge in [0, 0.05) is 12.2 Å². The Kier molecular flexibility index (Phi) is 3.51. The molecule has 2 aliphatic carbocycles. The number of nitrogens with two attached hydrogens (primary N) is 1. The van der Waals surface area contributed by atoms with Crippen LogP contribution in [-0.2, 0) is 10.2 Å². The molecule has 0 spiro atoms. The second-order valence-electron chi connectivity index (χ2n) is 5.96. The van der Waals surface area contributed by atoms with E-state index >= 15 is 0 Å². The van der Waals surface area contributed by atoms with Gasteiger partial charge in [-0.25, -0.2) is 0 Å². The van der Waals surface area contributed by atoms with Gasteiger partial charge in [-0.2, -0.15) is 0 Å². The van der Waals surface area contributed by atoms with Gasteiger partial charge in [0.2, 0.25) is 5.91 Å². The highest BCUT2D eigenvalue weighted by Gasteiger charge is 2.50. The molecule has 1 aromatic rings. The molecule has 3 N–H and O–H groups in total. The number of amides is 1. The first-order chi connectivity index (χ1) is 9.71. The maximum atomic E-state index is 12.4. The summed E-state index contributed by atoms with van der Waals surface area (Å²) in [6.45, 7) is 0.765. The first-order valence-electron chi connectivity index (χ1n) is 7.53. The van der Waals surface area contributed by atoms with Crippen molar-refractivity contribution in [2.45, 2.75) is 43.9 Å². The molecule has 1 fully saturated rings. The number of anilines is 1. The molecule has 0 radical (unpaired) electrons. The fourth-order valence-electron chi connectivity index (χ4n) is 3.04. The maximum absolute atomic E-state index is 12.4. The fourth-order valence-corrected chi connectivity index (χ4v) is 3.04. The highest BCUT2D eigenvalue weighted by atomic mass is 16.2. The Morgan fingerprint density at radius 1 is 1.25 bits per heavy atom. The first-order valence-corrected chi connectivity index (χ1v) is 7.53. The van der Waals surface area contributed by atoms with Crippen molar-refractivity contribution in [1.82, 2.24) is 5.32 Å². The fraction of sp³-hybridized carbons (Fsp3) is 0.471. The summed E-state index contributed by atoms with van der Waals surface area (Å²) in [6.07, 6.45) is 8.91. The molecule has 3 rings (SSSR count). The van der Waals surface area contributed by atoms with Crippen LogP contribution in [0.4, 0.5) is 5.69 Å². The van der Waals surface area contributed by atoms with Crippen LogP contribution in [0, 0.1) is 0 Å². The third-order valence-electron chi connectivity index (χ3n) is 4.51. The van der Waals surface area contributed by atoms with Crippen LogP contribution < -0.4 is 11.1 Å². The largest absolute Gasteiger partial charge is 0.399 e. The lowest BCUT2D eigenvalue weighted by Gasteiger charge is -2.16. The zero-order valence-electron chi connectivity index (χ0n) is 11.8. The second kappa shape index (κ2) is 5.31. The summed E-state index contributed by atoms with van der Waals surface area (Å²) in [4.78, 5) is 12.4. The van der Waals surface area contributed by atoms with E-state index in [0.29, 0.717) is 0 Å². The van der Waals surface area contributed by atoms with Crippen molar-refractivity contribution in [2.24, 2.45) is 0 Å². The predicted octanol–water partition coefficient (Wildman–Crippen LogP) is 2.92. The molecule has 0 aliphatic heterocycles. The Hall–Kier alpha value is -1.77. The van der Waals surface area contributed by atoms with Gasteiger partial charge in [-0.15, -0.1) is 0 Å². The van der Waals surface area contributed by atoms with Gasteiger partial charge in [-0.3, -0.25) is 4.79 Å². The Morgan fingerprint density at radius 2 is 2.00 bits per heavy atom. The molecule has 106 valence electrons. The van der Waals surface area contributed by atoms with Gasteiger partial charge in [0.15, 0.2) is 0 Å². The van der Waals surface area contributed by atoms with Gasteiger partial charge in [-0.05, 0) is 56.2 Å². The number of rotatable bonds is 5. The Bertz CT molecular complexity index is 526. The number of hydrogen-bond acceptors (Lipinski definition) is 2. The third-order valence-corrected chi connectivity index (χ3v) is 4.51. The number of hydrogen-bond donors (Lipinski definition) is 2. The summed E-state index contributed by atoms with van der Waals surface area (Å²) in [5.74, 6) is 0.181. The minimum atomic E-state index is -0.280. The molecule has 0 heterocycles. The molecule has 1 amide bonds. The van der Waals surface area contributed by atoms with Crippen LogP contribution in [0.3, 0.4) is 0 Å². The second-order valence-corrected chi connectivity index (χ2v) is 5.96. The third kappa shape index (κ3) is 2.58. The molecule has 20 heavy (non-hydrogen) atoms. The van der Waals surface area contributed by atoms with Gasteiger partial charge in [-0.1, -0.05) is 23.8 Å². The minimum absolute atomic E-state index is 0.181. The first kappa shape index (κ1) is 13.2. The van der Waals surface area contributed by atoms with Crippen molar-refractivity contribution < 1.29 is 4.79 Å². The molecule has 0 bridgehead atoms. The van der Waals surface area contributed by atoms with Crippen LogP contribution >= 0.6 is 0 Å². The molecule has 1 saturated carbocycles. The topological polar surface area (TPSA) is 55.1 Å². The SMILES string of the molecule is Nc1ccc(C2(C(=O)NCCC3=CCCC3)CC2)cc1. The van der Waals surface area contributed by atoms with E-state index in [-0.39, 0.29) is 11.3 Å². The molecule has 3 heteroatoms. The van der Waals surface area contributed by atoms with E-state index in [1.165, 1.54) is 24.8 Å². The average Bonchev–Trinajstić information content (AvgIpc) is 3.10. The normalized spacial score (nSPS) is 19.5. The molecule has 3 nitrogen and oxygen atoms in total. The van der Waals surface area contributed by atoms with Crippen molar-refractivity contribution >= 4 is 11.6 Å². The van der Waals surface area contributed by atoms with E-state index < -0.39 is 0 Å². The van der Waals surface area contributed by atoms with Crippen molar-refractivity contribution in [1.29, 1.82) is 0 Å². The van der Waals surface area contributed by atoms with E-state index in [0.717, 1.165) is 37.1 Å². The van der Waals surface area contributed by atoms with Crippen LogP contribution in [0.5, 0.6) is 0 Å². The van der Waals surface area contributed by atoms with Gasteiger partial charge in [0.05, 0.1) is 5.41 Å². The van der Waals surface area contributed by atoms with Crippen LogP contribution in [0.2, 0.25) is 0 Å². The number of nitrogen functional groups attached to an aromatic ring is 1. The molecular formula is C17H22N2O. The number of nitrogens with one attached hydrogen (secondary N) is 1. The van der Waals surface area contributed by atoms with Crippen LogP contribution in [-0.4, -0.2) is 12.5 Å². The Morgan fingerprint density at radius 3 is 2.60 bits per heavy atom. The summed E-state index contributed by atoms with van der Waals surface area (Å²) in [5, 5.41) is 3.11. The smallest absolute Gasteiger partial charge is 0.230 e. The Balaban J connectivity index is 1.57. The molecule has 0 unspecified atom stereocenters. The van der Waals surface area contributed by atoms with Gasteiger partial charge in [0.25, 0.3) is 0 Å². The van der Waals surface area contributed by atoms with Crippen molar-refractivity contribution in [3.63, 3.8) is 0 Å². The van der Waals surface area contributed by atoms with Crippen LogP contribution in [0.1, 0.15) is 44.1 Å². The highest BCUT2D eigenvalue weighted by molar-refractivity contribution is 5.91. The van der Waals surface area contributed by atoms with Gasteiger partial charge in [0.1, 0.15) is 0 Å². The zero-order valence-corrected chi connectivity index (χ0v) is 11.8. The van der Waals surface area contributed by atoms with Crippen LogP contribution in [0.15, 0.2) is 35.9 Å². The van der Waals surface area contributed by atoms with Crippen molar-refractivity contribution in [3.8, 4) is 0 Å². The lowest BCUT2D eigenvalue weighted by molar-refractivity contribution is -0.123. The number of allylic oxidation sites excluding steroid dienone is 1. The van der Waals surface area contributed by atoms with Crippen molar-refractivity contribution in [2.75, 3.05) is 12.3 Å². The lowest BCUT2D eigenvalue weighted by Crippen LogP contribution is -2.35. The molecule has 1 aromatic carbocycles. The molecule has 0 saturated heterocycles. The molecule has 0 atom stereocenters. The summed E-state index contributed by atoms with van der Waals surface area (Å²) >= 11 is 0. The number of benzene rings is 1. The molecular weight excluding hydrogens is 248 g/mol. The van der Waals surface area contributed by atoms with E-state index in [1.54, 1.807) is 0 Å². The van der Waals surface area contributed by atoms with Crippen LogP contribution in [0.25, 0.3) is 0 Å². The highest BCUT2D eigenvalue weighted by Crippen LogP contribution is 2.48. The lowest BCUT2D eigenvalue weighted by atomic mass is 9.94. The average molecular weight is 270 g/mol. The van der Waals surface area contributed by atoms with Gasteiger partial charge < -0.3 is 11.1 Å². The van der Waals surface area contributed by atoms with E-state index in [1.807, 2.05) is 24.3 Å². The van der Waals surface area contributed by atoms with E-state index in [9.17, 15) is 4.79 Å². The van der Waals surface area contributed by atoms with Crippen molar-refractivity contribution in [3.05, 3.63) is 41.5 Å². The molecule has 2 aliphatic rings. The number of carbonyl (C=O) groups is 1.